The van der Waals surface area contributed by atoms with Crippen LogP contribution in [0, 0.1) is 0 Å². The number of para-hydroxylation sites is 1. The van der Waals surface area contributed by atoms with E-state index in [1.807, 2.05) is 31.2 Å². The molecule has 1 aromatic carbocycles. The van der Waals surface area contributed by atoms with Gasteiger partial charge in [-0.1, -0.05) is 25.1 Å². The molecule has 1 amide bonds. The van der Waals surface area contributed by atoms with E-state index in [0.29, 0.717) is 13.0 Å². The first-order chi connectivity index (χ1) is 8.63. The highest BCUT2D eigenvalue weighted by Gasteiger charge is 2.31. The number of carbonyl (C=O) groups is 2. The highest BCUT2D eigenvalue weighted by Crippen LogP contribution is 2.37. The monoisotopic (exact) mass is 247 g/mol. The van der Waals surface area contributed by atoms with Gasteiger partial charge in [-0.15, -0.1) is 0 Å². The van der Waals surface area contributed by atoms with Gasteiger partial charge in [0.15, 0.2) is 0 Å². The van der Waals surface area contributed by atoms with Crippen molar-refractivity contribution in [3.63, 3.8) is 0 Å². The molecule has 1 aliphatic heterocycles. The topological polar surface area (TPSA) is 57.6 Å². The second-order valence-electron chi connectivity index (χ2n) is 4.60. The van der Waals surface area contributed by atoms with Crippen molar-refractivity contribution in [2.75, 3.05) is 11.4 Å². The number of aliphatic carboxylic acids is 1. The number of benzene rings is 1. The Kier molecular flexibility index (Phi) is 3.65. The van der Waals surface area contributed by atoms with E-state index in [0.717, 1.165) is 17.7 Å². The van der Waals surface area contributed by atoms with Crippen molar-refractivity contribution in [3.8, 4) is 0 Å². The van der Waals surface area contributed by atoms with Gasteiger partial charge >= 0.3 is 5.97 Å². The van der Waals surface area contributed by atoms with Gasteiger partial charge in [-0.2, -0.15) is 0 Å². The number of rotatable bonds is 4. The van der Waals surface area contributed by atoms with Crippen LogP contribution < -0.4 is 4.90 Å². The fraction of sp³-hybridized carbons (Fsp3) is 0.429. The summed E-state index contributed by atoms with van der Waals surface area (Å²) in [5.74, 6) is -1.02. The Hall–Kier alpha value is -1.84. The van der Waals surface area contributed by atoms with Crippen LogP contribution in [0.2, 0.25) is 0 Å². The van der Waals surface area contributed by atoms with Crippen LogP contribution >= 0.6 is 0 Å². The van der Waals surface area contributed by atoms with Crippen molar-refractivity contribution in [3.05, 3.63) is 29.8 Å². The standard InChI is InChI=1S/C14H17NO3/c1-2-7-15-12-6-4-3-5-11(12)10(8-13(15)16)9-14(17)18/h3-6,10H,2,7-9H2,1H3,(H,17,18). The molecule has 1 unspecified atom stereocenters. The van der Waals surface area contributed by atoms with Crippen molar-refractivity contribution in [2.24, 2.45) is 0 Å². The van der Waals surface area contributed by atoms with Gasteiger partial charge in [-0.25, -0.2) is 0 Å². The summed E-state index contributed by atoms with van der Waals surface area (Å²) in [6.07, 6.45) is 1.20. The average Bonchev–Trinajstić information content (AvgIpc) is 2.33. The zero-order valence-electron chi connectivity index (χ0n) is 10.4. The minimum Gasteiger partial charge on any atom is -0.481 e. The number of hydrogen-bond donors (Lipinski definition) is 1. The number of carbonyl (C=O) groups excluding carboxylic acids is 1. The quantitative estimate of drug-likeness (QED) is 0.888. The summed E-state index contributed by atoms with van der Waals surface area (Å²) >= 11 is 0. The summed E-state index contributed by atoms with van der Waals surface area (Å²) in [7, 11) is 0. The Morgan fingerprint density at radius 1 is 1.44 bits per heavy atom. The summed E-state index contributed by atoms with van der Waals surface area (Å²) in [6.45, 7) is 2.72. The largest absolute Gasteiger partial charge is 0.481 e. The lowest BCUT2D eigenvalue weighted by Gasteiger charge is -2.33. The van der Waals surface area contributed by atoms with E-state index >= 15 is 0 Å². The SMILES string of the molecule is CCCN1C(=O)CC(CC(=O)O)c2ccccc21. The third-order valence-electron chi connectivity index (χ3n) is 3.26. The summed E-state index contributed by atoms with van der Waals surface area (Å²) < 4.78 is 0. The molecule has 4 nitrogen and oxygen atoms in total. The minimum absolute atomic E-state index is 0.0166. The zero-order chi connectivity index (χ0) is 13.1. The smallest absolute Gasteiger partial charge is 0.303 e. The first-order valence-corrected chi connectivity index (χ1v) is 6.24. The third kappa shape index (κ3) is 2.37. The van der Waals surface area contributed by atoms with Gasteiger partial charge in [0.2, 0.25) is 5.91 Å². The Balaban J connectivity index is 2.37. The number of carboxylic acid groups (broad SMARTS) is 1. The number of hydrogen-bond acceptors (Lipinski definition) is 2. The van der Waals surface area contributed by atoms with E-state index in [4.69, 9.17) is 5.11 Å². The van der Waals surface area contributed by atoms with Gasteiger partial charge in [0.25, 0.3) is 0 Å². The lowest BCUT2D eigenvalue weighted by Crippen LogP contribution is -2.37. The molecule has 1 atom stereocenters. The molecule has 1 aliphatic rings. The predicted octanol–water partition coefficient (Wildman–Crippen LogP) is 2.39. The number of amides is 1. The molecule has 18 heavy (non-hydrogen) atoms. The molecular weight excluding hydrogens is 230 g/mol. The Bertz CT molecular complexity index is 470. The molecule has 0 saturated carbocycles. The maximum Gasteiger partial charge on any atom is 0.303 e. The van der Waals surface area contributed by atoms with Crippen molar-refractivity contribution in [2.45, 2.75) is 32.1 Å². The van der Waals surface area contributed by atoms with E-state index < -0.39 is 5.97 Å². The van der Waals surface area contributed by atoms with Crippen LogP contribution in [0.15, 0.2) is 24.3 Å². The summed E-state index contributed by atoms with van der Waals surface area (Å²) in [5.41, 5.74) is 1.86. The van der Waals surface area contributed by atoms with E-state index in [-0.39, 0.29) is 18.2 Å². The van der Waals surface area contributed by atoms with Gasteiger partial charge in [0.1, 0.15) is 0 Å². The fourth-order valence-corrected chi connectivity index (χ4v) is 2.51. The maximum absolute atomic E-state index is 12.1. The van der Waals surface area contributed by atoms with Gasteiger partial charge in [-0.3, -0.25) is 9.59 Å². The Morgan fingerprint density at radius 3 is 2.83 bits per heavy atom. The molecular formula is C14H17NO3. The predicted molar refractivity (Wildman–Crippen MR) is 68.7 cm³/mol. The van der Waals surface area contributed by atoms with Crippen LogP contribution in [0.25, 0.3) is 0 Å². The van der Waals surface area contributed by atoms with Gasteiger partial charge in [0, 0.05) is 24.6 Å². The molecule has 4 heteroatoms. The van der Waals surface area contributed by atoms with Crippen molar-refractivity contribution >= 4 is 17.6 Å². The molecule has 0 bridgehead atoms. The Labute approximate surface area is 106 Å². The molecule has 1 heterocycles. The molecule has 2 rings (SSSR count). The lowest BCUT2D eigenvalue weighted by molar-refractivity contribution is -0.137. The van der Waals surface area contributed by atoms with Gasteiger partial charge in [0.05, 0.1) is 6.42 Å². The first-order valence-electron chi connectivity index (χ1n) is 6.24. The molecule has 0 aliphatic carbocycles. The molecule has 0 radical (unpaired) electrons. The minimum atomic E-state index is -0.855. The van der Waals surface area contributed by atoms with E-state index in [2.05, 4.69) is 0 Å². The lowest BCUT2D eigenvalue weighted by atomic mass is 9.87. The Morgan fingerprint density at radius 2 is 2.17 bits per heavy atom. The van der Waals surface area contributed by atoms with Crippen LogP contribution in [0.4, 0.5) is 5.69 Å². The van der Waals surface area contributed by atoms with Crippen molar-refractivity contribution in [1.82, 2.24) is 0 Å². The van der Waals surface area contributed by atoms with Crippen molar-refractivity contribution < 1.29 is 14.7 Å². The van der Waals surface area contributed by atoms with Crippen LogP contribution in [0.5, 0.6) is 0 Å². The second-order valence-corrected chi connectivity index (χ2v) is 4.60. The van der Waals surface area contributed by atoms with Crippen molar-refractivity contribution in [1.29, 1.82) is 0 Å². The number of anilines is 1. The fourth-order valence-electron chi connectivity index (χ4n) is 2.51. The average molecular weight is 247 g/mol. The highest BCUT2D eigenvalue weighted by atomic mass is 16.4. The summed E-state index contributed by atoms with van der Waals surface area (Å²) in [6, 6.07) is 7.61. The normalized spacial score (nSPS) is 18.6. The van der Waals surface area contributed by atoms with E-state index in [9.17, 15) is 9.59 Å². The van der Waals surface area contributed by atoms with Crippen LogP contribution in [-0.4, -0.2) is 23.5 Å². The van der Waals surface area contributed by atoms with Gasteiger partial charge < -0.3 is 10.0 Å². The number of fused-ring (bicyclic) bond motifs is 1. The number of nitrogens with zero attached hydrogens (tertiary/aromatic N) is 1. The molecule has 1 aromatic rings. The maximum atomic E-state index is 12.1. The third-order valence-corrected chi connectivity index (χ3v) is 3.26. The van der Waals surface area contributed by atoms with Crippen LogP contribution in [0.3, 0.4) is 0 Å². The van der Waals surface area contributed by atoms with E-state index in [1.54, 1.807) is 4.90 Å². The molecule has 0 fully saturated rings. The van der Waals surface area contributed by atoms with Gasteiger partial charge in [-0.05, 0) is 18.1 Å². The van der Waals surface area contributed by atoms with Crippen LogP contribution in [0.1, 0.15) is 37.7 Å². The molecule has 0 spiro atoms. The molecule has 1 N–H and O–H groups in total. The second kappa shape index (κ2) is 5.21. The van der Waals surface area contributed by atoms with Crippen LogP contribution in [-0.2, 0) is 9.59 Å². The highest BCUT2D eigenvalue weighted by molar-refractivity contribution is 5.97. The summed E-state index contributed by atoms with van der Waals surface area (Å²) in [4.78, 5) is 24.7. The molecule has 96 valence electrons. The molecule has 0 saturated heterocycles. The summed E-state index contributed by atoms with van der Waals surface area (Å²) in [5, 5.41) is 8.92. The number of carboxylic acids is 1. The van der Waals surface area contributed by atoms with E-state index in [1.165, 1.54) is 0 Å². The first kappa shape index (κ1) is 12.6. The zero-order valence-corrected chi connectivity index (χ0v) is 10.4. The molecule has 0 aromatic heterocycles.